The number of rotatable bonds is 4. The molecular formula is C20H17ClN2O4. The average molecular weight is 385 g/mol. The molecule has 1 aliphatic rings. The van der Waals surface area contributed by atoms with Crippen LogP contribution in [0.1, 0.15) is 17.4 Å². The minimum atomic E-state index is -0.882. The van der Waals surface area contributed by atoms with E-state index in [-0.39, 0.29) is 25.0 Å². The third-order valence-electron chi connectivity index (χ3n) is 4.43. The predicted octanol–water partition coefficient (Wildman–Crippen LogP) is 2.96. The normalized spacial score (nSPS) is 19.7. The second-order valence-corrected chi connectivity index (χ2v) is 6.67. The summed E-state index contributed by atoms with van der Waals surface area (Å²) >= 11 is 6.24. The summed E-state index contributed by atoms with van der Waals surface area (Å²) in [5, 5.41) is 7.03. The highest BCUT2D eigenvalue weighted by molar-refractivity contribution is 6.31. The van der Waals surface area contributed by atoms with Gasteiger partial charge in [-0.3, -0.25) is 9.59 Å². The first kappa shape index (κ1) is 17.6. The number of ether oxygens (including phenoxy) is 1. The highest BCUT2D eigenvalue weighted by Crippen LogP contribution is 2.28. The Morgan fingerprint density at radius 2 is 1.96 bits per heavy atom. The van der Waals surface area contributed by atoms with Gasteiger partial charge in [-0.25, -0.2) is 0 Å². The van der Waals surface area contributed by atoms with Crippen molar-refractivity contribution in [3.05, 3.63) is 70.9 Å². The number of furan rings is 1. The molecule has 7 heteroatoms. The van der Waals surface area contributed by atoms with E-state index >= 15 is 0 Å². The molecule has 0 aliphatic carbocycles. The molecule has 0 spiro atoms. The van der Waals surface area contributed by atoms with E-state index in [0.29, 0.717) is 16.3 Å². The smallest absolute Gasteiger partial charge is 0.252 e. The molecule has 3 aromatic rings. The molecule has 2 aromatic carbocycles. The monoisotopic (exact) mass is 384 g/mol. The quantitative estimate of drug-likeness (QED) is 0.724. The summed E-state index contributed by atoms with van der Waals surface area (Å²) in [5.41, 5.74) is 1.40. The standard InChI is InChI=1S/C20H17ClN2O4/c21-15-7-3-2-6-14(15)18-19(26-11-17(24)23-18)20(25)22-10-13-9-12-5-1-4-8-16(12)27-13/h1-9,18-19H,10-11H2,(H,22,25)(H,23,24)/t18-,19+/m1/s1. The third-order valence-corrected chi connectivity index (χ3v) is 4.77. The number of nitrogens with one attached hydrogen (secondary N) is 2. The second kappa shape index (κ2) is 7.42. The minimum absolute atomic E-state index is 0.177. The van der Waals surface area contributed by atoms with Gasteiger partial charge < -0.3 is 19.8 Å². The minimum Gasteiger partial charge on any atom is -0.459 e. The van der Waals surface area contributed by atoms with Crippen molar-refractivity contribution >= 4 is 34.4 Å². The SMILES string of the molecule is O=C1CO[C@H](C(=O)NCc2cc3ccccc3o2)[C@@H](c2ccccc2Cl)N1. The van der Waals surface area contributed by atoms with Gasteiger partial charge in [0.1, 0.15) is 18.0 Å². The lowest BCUT2D eigenvalue weighted by Gasteiger charge is -2.32. The molecule has 2 N–H and O–H groups in total. The summed E-state index contributed by atoms with van der Waals surface area (Å²) in [7, 11) is 0. The summed E-state index contributed by atoms with van der Waals surface area (Å²) < 4.78 is 11.2. The molecular weight excluding hydrogens is 368 g/mol. The lowest BCUT2D eigenvalue weighted by Crippen LogP contribution is -2.52. The summed E-state index contributed by atoms with van der Waals surface area (Å²) in [4.78, 5) is 24.5. The molecule has 1 aliphatic heterocycles. The Balaban J connectivity index is 1.50. The fraction of sp³-hybridized carbons (Fsp3) is 0.200. The lowest BCUT2D eigenvalue weighted by atomic mass is 9.99. The van der Waals surface area contributed by atoms with E-state index in [1.165, 1.54) is 0 Å². The number of hydrogen-bond donors (Lipinski definition) is 2. The zero-order valence-corrected chi connectivity index (χ0v) is 15.0. The zero-order chi connectivity index (χ0) is 18.8. The van der Waals surface area contributed by atoms with Crippen LogP contribution in [-0.4, -0.2) is 24.5 Å². The van der Waals surface area contributed by atoms with Crippen molar-refractivity contribution < 1.29 is 18.7 Å². The summed E-state index contributed by atoms with van der Waals surface area (Å²) in [6.45, 7) is 0.0419. The van der Waals surface area contributed by atoms with Crippen molar-refractivity contribution in [3.8, 4) is 0 Å². The van der Waals surface area contributed by atoms with Crippen LogP contribution in [0.4, 0.5) is 0 Å². The number of fused-ring (bicyclic) bond motifs is 1. The van der Waals surface area contributed by atoms with Crippen molar-refractivity contribution in [1.29, 1.82) is 0 Å². The van der Waals surface area contributed by atoms with Gasteiger partial charge in [-0.15, -0.1) is 0 Å². The Morgan fingerprint density at radius 1 is 1.19 bits per heavy atom. The molecule has 4 rings (SSSR count). The van der Waals surface area contributed by atoms with Gasteiger partial charge in [0.15, 0.2) is 6.10 Å². The number of carbonyl (C=O) groups excluding carboxylic acids is 2. The van der Waals surface area contributed by atoms with Crippen LogP contribution in [0, 0.1) is 0 Å². The predicted molar refractivity (Wildman–Crippen MR) is 100 cm³/mol. The number of amides is 2. The molecule has 1 fully saturated rings. The molecule has 1 aromatic heterocycles. The molecule has 2 heterocycles. The Kier molecular flexibility index (Phi) is 4.83. The molecule has 0 saturated carbocycles. The van der Waals surface area contributed by atoms with Gasteiger partial charge in [-0.1, -0.05) is 48.0 Å². The Bertz CT molecular complexity index is 967. The first-order chi connectivity index (χ1) is 13.1. The van der Waals surface area contributed by atoms with Gasteiger partial charge in [0.2, 0.25) is 5.91 Å². The zero-order valence-electron chi connectivity index (χ0n) is 14.3. The van der Waals surface area contributed by atoms with Gasteiger partial charge in [-0.05, 0) is 23.8 Å². The average Bonchev–Trinajstić information content (AvgIpc) is 3.09. The second-order valence-electron chi connectivity index (χ2n) is 6.27. The summed E-state index contributed by atoms with van der Waals surface area (Å²) in [5.74, 6) is 0.000295. The number of morpholine rings is 1. The van der Waals surface area contributed by atoms with Gasteiger partial charge in [0.25, 0.3) is 5.91 Å². The first-order valence-corrected chi connectivity index (χ1v) is 8.90. The van der Waals surface area contributed by atoms with Crippen molar-refractivity contribution in [1.82, 2.24) is 10.6 Å². The molecule has 0 radical (unpaired) electrons. The van der Waals surface area contributed by atoms with E-state index < -0.39 is 12.1 Å². The van der Waals surface area contributed by atoms with Crippen LogP contribution < -0.4 is 10.6 Å². The lowest BCUT2D eigenvalue weighted by molar-refractivity contribution is -0.148. The fourth-order valence-corrected chi connectivity index (χ4v) is 3.40. The Labute approximate surface area is 160 Å². The Hall–Kier alpha value is -2.83. The molecule has 6 nitrogen and oxygen atoms in total. The molecule has 2 atom stereocenters. The van der Waals surface area contributed by atoms with E-state index in [2.05, 4.69) is 10.6 Å². The van der Waals surface area contributed by atoms with Crippen LogP contribution in [0.25, 0.3) is 11.0 Å². The van der Waals surface area contributed by atoms with Gasteiger partial charge >= 0.3 is 0 Å². The molecule has 138 valence electrons. The molecule has 0 bridgehead atoms. The van der Waals surface area contributed by atoms with E-state index in [0.717, 1.165) is 11.0 Å². The number of benzene rings is 2. The van der Waals surface area contributed by atoms with Crippen molar-refractivity contribution in [3.63, 3.8) is 0 Å². The fourth-order valence-electron chi connectivity index (χ4n) is 3.15. The molecule has 0 unspecified atom stereocenters. The van der Waals surface area contributed by atoms with Gasteiger partial charge in [0, 0.05) is 10.4 Å². The van der Waals surface area contributed by atoms with Crippen LogP contribution in [0.5, 0.6) is 0 Å². The summed E-state index contributed by atoms with van der Waals surface area (Å²) in [6.07, 6.45) is -0.882. The van der Waals surface area contributed by atoms with Crippen molar-refractivity contribution in [2.45, 2.75) is 18.7 Å². The van der Waals surface area contributed by atoms with Crippen LogP contribution in [0.3, 0.4) is 0 Å². The van der Waals surface area contributed by atoms with Crippen LogP contribution in [-0.2, 0) is 20.9 Å². The van der Waals surface area contributed by atoms with E-state index in [1.54, 1.807) is 24.3 Å². The third kappa shape index (κ3) is 3.67. The van der Waals surface area contributed by atoms with Crippen molar-refractivity contribution in [2.24, 2.45) is 0 Å². The van der Waals surface area contributed by atoms with Gasteiger partial charge in [0.05, 0.1) is 12.6 Å². The van der Waals surface area contributed by atoms with E-state index in [4.69, 9.17) is 20.8 Å². The summed E-state index contributed by atoms with van der Waals surface area (Å²) in [6, 6.07) is 15.9. The van der Waals surface area contributed by atoms with Gasteiger partial charge in [-0.2, -0.15) is 0 Å². The first-order valence-electron chi connectivity index (χ1n) is 8.52. The highest BCUT2D eigenvalue weighted by atomic mass is 35.5. The van der Waals surface area contributed by atoms with Crippen molar-refractivity contribution in [2.75, 3.05) is 6.61 Å². The molecule has 27 heavy (non-hydrogen) atoms. The number of para-hydroxylation sites is 1. The topological polar surface area (TPSA) is 80.6 Å². The maximum atomic E-state index is 12.7. The van der Waals surface area contributed by atoms with Crippen LogP contribution >= 0.6 is 11.6 Å². The largest absolute Gasteiger partial charge is 0.459 e. The maximum Gasteiger partial charge on any atom is 0.252 e. The number of hydrogen-bond acceptors (Lipinski definition) is 4. The number of carbonyl (C=O) groups is 2. The highest BCUT2D eigenvalue weighted by Gasteiger charge is 2.37. The van der Waals surface area contributed by atoms with Crippen LogP contribution in [0.15, 0.2) is 59.0 Å². The van der Waals surface area contributed by atoms with E-state index in [1.807, 2.05) is 30.3 Å². The molecule has 1 saturated heterocycles. The molecule has 2 amide bonds. The van der Waals surface area contributed by atoms with E-state index in [9.17, 15) is 9.59 Å². The maximum absolute atomic E-state index is 12.7. The number of halogens is 1. The Morgan fingerprint density at radius 3 is 2.78 bits per heavy atom. The van der Waals surface area contributed by atoms with Crippen LogP contribution in [0.2, 0.25) is 5.02 Å².